The molecule has 2 nitrogen and oxygen atoms in total. The summed E-state index contributed by atoms with van der Waals surface area (Å²) >= 11 is 0. The fraction of sp³-hybridized carbons (Fsp3) is 0.417. The van der Waals surface area contributed by atoms with Gasteiger partial charge in [0.1, 0.15) is 0 Å². The van der Waals surface area contributed by atoms with Crippen LogP contribution in [0.3, 0.4) is 0 Å². The van der Waals surface area contributed by atoms with Crippen molar-refractivity contribution in [2.75, 3.05) is 13.1 Å². The minimum absolute atomic E-state index is 0.655. The van der Waals surface area contributed by atoms with Crippen LogP contribution in [0.2, 0.25) is 0 Å². The molecule has 3 rings (SSSR count). The fourth-order valence-electron chi connectivity index (χ4n) is 2.35. The summed E-state index contributed by atoms with van der Waals surface area (Å²) in [6.45, 7) is 2.17. The maximum atomic E-state index is 4.66. The maximum Gasteiger partial charge on any atom is 0.0662 e. The van der Waals surface area contributed by atoms with Crippen LogP contribution in [0, 0.1) is 0 Å². The number of hydrogen-bond donors (Lipinski definition) is 0. The van der Waals surface area contributed by atoms with Crippen molar-refractivity contribution in [3.05, 3.63) is 34.8 Å². The Kier molecular flexibility index (Phi) is 1.79. The van der Waals surface area contributed by atoms with Crippen LogP contribution in [0.15, 0.2) is 29.3 Å². The monoisotopic (exact) mass is 186 g/mol. The third-order valence-electron chi connectivity index (χ3n) is 3.14. The molecule has 0 saturated carbocycles. The van der Waals surface area contributed by atoms with Crippen LogP contribution in [0.1, 0.15) is 12.8 Å². The second kappa shape index (κ2) is 3.12. The first-order valence-electron chi connectivity index (χ1n) is 5.30. The van der Waals surface area contributed by atoms with Gasteiger partial charge in [-0.25, -0.2) is 0 Å². The molecule has 0 spiro atoms. The number of nitrogens with zero attached hydrogens (tertiary/aromatic N) is 2. The molecule has 0 bridgehead atoms. The number of fused-ring (bicyclic) bond motifs is 2. The Morgan fingerprint density at radius 2 is 2.21 bits per heavy atom. The van der Waals surface area contributed by atoms with E-state index in [-0.39, 0.29) is 0 Å². The lowest BCUT2D eigenvalue weighted by atomic mass is 10.2. The van der Waals surface area contributed by atoms with Gasteiger partial charge in [-0.3, -0.25) is 4.99 Å². The summed E-state index contributed by atoms with van der Waals surface area (Å²) in [7, 11) is 0. The third kappa shape index (κ3) is 1.22. The topological polar surface area (TPSA) is 15.6 Å². The first kappa shape index (κ1) is 8.04. The van der Waals surface area contributed by atoms with Gasteiger partial charge in [0.2, 0.25) is 0 Å². The molecule has 2 heterocycles. The van der Waals surface area contributed by atoms with Crippen molar-refractivity contribution in [2.24, 2.45) is 4.99 Å². The number of rotatable bonds is 0. The van der Waals surface area contributed by atoms with Crippen LogP contribution in [-0.2, 0) is 0 Å². The lowest BCUT2D eigenvalue weighted by Gasteiger charge is -2.19. The standard InChI is InChI=1S/C12H14N2/c1-2-6-12-10(4-1)9-14-7-3-5-11(14)8-13-12/h1-2,4,6,9,11H,3,5,7-8H2. The van der Waals surface area contributed by atoms with Gasteiger partial charge in [0.05, 0.1) is 11.9 Å². The average molecular weight is 186 g/mol. The van der Waals surface area contributed by atoms with Gasteiger partial charge in [-0.2, -0.15) is 0 Å². The summed E-state index contributed by atoms with van der Waals surface area (Å²) in [5.74, 6) is 0. The highest BCUT2D eigenvalue weighted by atomic mass is 15.2. The molecule has 0 amide bonds. The largest absolute Gasteiger partial charge is 0.372 e. The van der Waals surface area contributed by atoms with E-state index in [9.17, 15) is 0 Å². The molecule has 1 unspecified atom stereocenters. The van der Waals surface area contributed by atoms with Crippen LogP contribution in [0.4, 0.5) is 0 Å². The van der Waals surface area contributed by atoms with E-state index in [1.807, 2.05) is 0 Å². The second-order valence-electron chi connectivity index (χ2n) is 4.06. The lowest BCUT2D eigenvalue weighted by Crippen LogP contribution is -2.28. The molecule has 1 fully saturated rings. The summed E-state index contributed by atoms with van der Waals surface area (Å²) in [4.78, 5) is 7.11. The number of hydrogen-bond acceptors (Lipinski definition) is 2. The number of para-hydroxylation sites is 1. The van der Waals surface area contributed by atoms with E-state index in [2.05, 4.69) is 40.4 Å². The van der Waals surface area contributed by atoms with Gasteiger partial charge in [0.15, 0.2) is 0 Å². The highest BCUT2D eigenvalue weighted by molar-refractivity contribution is 5.25. The van der Waals surface area contributed by atoms with Crippen LogP contribution in [0.5, 0.6) is 0 Å². The van der Waals surface area contributed by atoms with Crippen molar-refractivity contribution in [2.45, 2.75) is 18.9 Å². The molecule has 72 valence electrons. The molecule has 2 heteroatoms. The van der Waals surface area contributed by atoms with Gasteiger partial charge in [0.25, 0.3) is 0 Å². The summed E-state index contributed by atoms with van der Waals surface area (Å²) in [5.41, 5.74) is 0. The third-order valence-corrected chi connectivity index (χ3v) is 3.14. The van der Waals surface area contributed by atoms with Crippen LogP contribution >= 0.6 is 0 Å². The van der Waals surface area contributed by atoms with E-state index in [0.29, 0.717) is 6.04 Å². The van der Waals surface area contributed by atoms with Gasteiger partial charge in [-0.05, 0) is 18.9 Å². The van der Waals surface area contributed by atoms with E-state index in [4.69, 9.17) is 0 Å². The molecule has 1 aromatic rings. The Hall–Kier alpha value is -1.31. The van der Waals surface area contributed by atoms with Crippen molar-refractivity contribution in [3.8, 4) is 0 Å². The molecule has 2 aliphatic heterocycles. The Morgan fingerprint density at radius 1 is 1.29 bits per heavy atom. The van der Waals surface area contributed by atoms with Gasteiger partial charge in [0, 0.05) is 24.0 Å². The smallest absolute Gasteiger partial charge is 0.0662 e. The molecular weight excluding hydrogens is 172 g/mol. The van der Waals surface area contributed by atoms with Crippen molar-refractivity contribution < 1.29 is 0 Å². The normalized spacial score (nSPS) is 24.3. The Labute approximate surface area is 83.6 Å². The predicted octanol–water partition coefficient (Wildman–Crippen LogP) is 0.522. The maximum absolute atomic E-state index is 4.66. The highest BCUT2D eigenvalue weighted by Gasteiger charge is 2.22. The number of benzene rings is 1. The molecule has 0 aromatic heterocycles. The molecule has 14 heavy (non-hydrogen) atoms. The fourth-order valence-corrected chi connectivity index (χ4v) is 2.35. The van der Waals surface area contributed by atoms with Crippen molar-refractivity contribution in [3.63, 3.8) is 0 Å². The van der Waals surface area contributed by atoms with E-state index in [1.165, 1.54) is 24.6 Å². The first-order valence-corrected chi connectivity index (χ1v) is 5.30. The van der Waals surface area contributed by atoms with Gasteiger partial charge in [-0.1, -0.05) is 18.2 Å². The Balaban J connectivity index is 2.18. The average Bonchev–Trinajstić information content (AvgIpc) is 2.58. The second-order valence-corrected chi connectivity index (χ2v) is 4.06. The molecule has 1 atom stereocenters. The summed E-state index contributed by atoms with van der Waals surface area (Å²) in [6.07, 6.45) is 4.90. The zero-order chi connectivity index (χ0) is 9.38. The van der Waals surface area contributed by atoms with Gasteiger partial charge >= 0.3 is 0 Å². The van der Waals surface area contributed by atoms with E-state index < -0.39 is 0 Å². The molecular formula is C12H14N2. The summed E-state index contributed by atoms with van der Waals surface area (Å²) < 4.78 is 0. The molecule has 2 aliphatic rings. The first-order chi connectivity index (χ1) is 6.93. The zero-order valence-electron chi connectivity index (χ0n) is 8.19. The van der Waals surface area contributed by atoms with Crippen molar-refractivity contribution in [1.82, 2.24) is 4.90 Å². The molecule has 0 aliphatic carbocycles. The minimum Gasteiger partial charge on any atom is -0.372 e. The van der Waals surface area contributed by atoms with Crippen molar-refractivity contribution in [1.29, 1.82) is 0 Å². The van der Waals surface area contributed by atoms with E-state index >= 15 is 0 Å². The predicted molar refractivity (Wildman–Crippen MR) is 56.3 cm³/mol. The van der Waals surface area contributed by atoms with Gasteiger partial charge < -0.3 is 4.90 Å². The lowest BCUT2D eigenvalue weighted by molar-refractivity contribution is 0.391. The van der Waals surface area contributed by atoms with Crippen LogP contribution in [-0.4, -0.2) is 24.0 Å². The Bertz CT molecular complexity index is 450. The quantitative estimate of drug-likeness (QED) is 0.577. The highest BCUT2D eigenvalue weighted by Crippen LogP contribution is 2.17. The van der Waals surface area contributed by atoms with E-state index in [1.54, 1.807) is 0 Å². The van der Waals surface area contributed by atoms with E-state index in [0.717, 1.165) is 11.9 Å². The van der Waals surface area contributed by atoms with Crippen LogP contribution < -0.4 is 10.6 Å². The molecule has 1 aromatic carbocycles. The summed E-state index contributed by atoms with van der Waals surface area (Å²) in [5, 5.41) is 2.43. The molecule has 0 N–H and O–H groups in total. The van der Waals surface area contributed by atoms with Crippen LogP contribution in [0.25, 0.3) is 6.20 Å². The summed E-state index contributed by atoms with van der Waals surface area (Å²) in [6, 6.07) is 9.06. The van der Waals surface area contributed by atoms with Gasteiger partial charge in [-0.15, -0.1) is 0 Å². The molecule has 0 radical (unpaired) electrons. The minimum atomic E-state index is 0.655. The zero-order valence-corrected chi connectivity index (χ0v) is 8.19. The SMILES string of the molecule is C1=c2ccccc2=NCC2CCCN12. The van der Waals surface area contributed by atoms with Crippen molar-refractivity contribution >= 4 is 6.20 Å². The molecule has 1 saturated heterocycles. The Morgan fingerprint density at radius 3 is 3.21 bits per heavy atom.